The number of benzene rings is 1. The normalized spacial score (nSPS) is 10.8. The minimum absolute atomic E-state index is 0.202. The summed E-state index contributed by atoms with van der Waals surface area (Å²) < 4.78 is 0.919. The molecule has 0 radical (unpaired) electrons. The van der Waals surface area contributed by atoms with Crippen molar-refractivity contribution >= 4 is 15.9 Å². The van der Waals surface area contributed by atoms with Crippen molar-refractivity contribution in [2.24, 2.45) is 0 Å². The predicted molar refractivity (Wildman–Crippen MR) is 87.5 cm³/mol. The summed E-state index contributed by atoms with van der Waals surface area (Å²) in [7, 11) is 0. The number of aromatic amines is 1. The summed E-state index contributed by atoms with van der Waals surface area (Å²) in [4.78, 5) is 19.1. The van der Waals surface area contributed by atoms with Crippen LogP contribution in [0.5, 0.6) is 5.88 Å². The van der Waals surface area contributed by atoms with Crippen LogP contribution in [0.4, 0.5) is 0 Å². The van der Waals surface area contributed by atoms with E-state index in [2.05, 4.69) is 32.8 Å². The molecule has 0 atom stereocenters. The van der Waals surface area contributed by atoms with Gasteiger partial charge in [0.1, 0.15) is 11.4 Å². The Morgan fingerprint density at radius 3 is 2.52 bits per heavy atom. The fourth-order valence-corrected chi connectivity index (χ4v) is 2.49. The number of nitrogens with one attached hydrogen (secondary N) is 1. The van der Waals surface area contributed by atoms with Gasteiger partial charge < -0.3 is 10.1 Å². The largest absolute Gasteiger partial charge is 0.493 e. The molecule has 2 N–H and O–H groups in total. The van der Waals surface area contributed by atoms with Crippen LogP contribution < -0.4 is 5.56 Å². The molecule has 0 unspecified atom stereocenters. The number of unbranched alkanes of at least 4 members (excludes halogenated alkanes) is 3. The minimum Gasteiger partial charge on any atom is -0.493 e. The van der Waals surface area contributed by atoms with Crippen LogP contribution in [0, 0.1) is 0 Å². The molecule has 0 spiro atoms. The topological polar surface area (TPSA) is 66.0 Å². The summed E-state index contributed by atoms with van der Waals surface area (Å²) in [6.45, 7) is 2.15. The number of H-pyrrole nitrogens is 1. The van der Waals surface area contributed by atoms with E-state index in [0.29, 0.717) is 17.8 Å². The van der Waals surface area contributed by atoms with Crippen LogP contribution in [0.3, 0.4) is 0 Å². The summed E-state index contributed by atoms with van der Waals surface area (Å²) in [5, 5.41) is 10.1. The third-order valence-corrected chi connectivity index (χ3v) is 3.88. The number of hydrogen-bond donors (Lipinski definition) is 2. The number of aromatic hydroxyl groups is 1. The standard InChI is InChI=1S/C16H19BrN2O2/c1-2-3-4-5-6-13-18-15(20)14(16(21)19-13)11-7-9-12(17)10-8-11/h7-10H,2-6H2,1H3,(H2,18,19,20,21). The molecular weight excluding hydrogens is 332 g/mol. The third kappa shape index (κ3) is 4.17. The molecule has 0 amide bonds. The first-order valence-electron chi connectivity index (χ1n) is 7.20. The fraction of sp³-hybridized carbons (Fsp3) is 0.375. The van der Waals surface area contributed by atoms with Crippen molar-refractivity contribution in [3.05, 3.63) is 44.9 Å². The lowest BCUT2D eigenvalue weighted by molar-refractivity contribution is 0.449. The molecule has 0 saturated carbocycles. The summed E-state index contributed by atoms with van der Waals surface area (Å²) in [5.74, 6) is 0.348. The van der Waals surface area contributed by atoms with Crippen molar-refractivity contribution in [2.45, 2.75) is 39.0 Å². The van der Waals surface area contributed by atoms with E-state index >= 15 is 0 Å². The van der Waals surface area contributed by atoms with E-state index in [4.69, 9.17) is 0 Å². The van der Waals surface area contributed by atoms with E-state index in [-0.39, 0.29) is 17.0 Å². The quantitative estimate of drug-likeness (QED) is 0.773. The molecule has 2 aromatic rings. The first kappa shape index (κ1) is 15.8. The van der Waals surface area contributed by atoms with Crippen molar-refractivity contribution < 1.29 is 5.11 Å². The van der Waals surface area contributed by atoms with Crippen LogP contribution >= 0.6 is 15.9 Å². The van der Waals surface area contributed by atoms with E-state index in [1.165, 1.54) is 6.42 Å². The molecule has 0 aliphatic rings. The van der Waals surface area contributed by atoms with Gasteiger partial charge in [0.25, 0.3) is 5.56 Å². The molecule has 0 fully saturated rings. The zero-order chi connectivity index (χ0) is 15.2. The van der Waals surface area contributed by atoms with Crippen LogP contribution in [-0.4, -0.2) is 15.1 Å². The first-order valence-corrected chi connectivity index (χ1v) is 7.99. The second-order valence-electron chi connectivity index (χ2n) is 5.03. The van der Waals surface area contributed by atoms with Crippen molar-refractivity contribution in [3.8, 4) is 17.0 Å². The number of aromatic nitrogens is 2. The van der Waals surface area contributed by atoms with E-state index < -0.39 is 0 Å². The van der Waals surface area contributed by atoms with Gasteiger partial charge in [-0.15, -0.1) is 0 Å². The van der Waals surface area contributed by atoms with Gasteiger partial charge in [0.2, 0.25) is 5.88 Å². The zero-order valence-corrected chi connectivity index (χ0v) is 13.6. The number of halogens is 1. The number of nitrogens with zero attached hydrogens (tertiary/aromatic N) is 1. The van der Waals surface area contributed by atoms with E-state index in [9.17, 15) is 9.90 Å². The minimum atomic E-state index is -0.296. The highest BCUT2D eigenvalue weighted by Gasteiger charge is 2.12. The molecule has 4 nitrogen and oxygen atoms in total. The van der Waals surface area contributed by atoms with Gasteiger partial charge in [-0.2, -0.15) is 4.98 Å². The predicted octanol–water partition coefficient (Wildman–Crippen LogP) is 4.03. The van der Waals surface area contributed by atoms with Gasteiger partial charge in [-0.1, -0.05) is 54.2 Å². The Morgan fingerprint density at radius 2 is 1.90 bits per heavy atom. The number of rotatable bonds is 6. The van der Waals surface area contributed by atoms with Gasteiger partial charge in [0.05, 0.1) is 0 Å². The SMILES string of the molecule is CCCCCCc1nc(O)c(-c2ccc(Br)cc2)c(=O)[nH]1. The molecule has 0 aliphatic heterocycles. The Morgan fingerprint density at radius 1 is 1.19 bits per heavy atom. The maximum Gasteiger partial charge on any atom is 0.262 e. The first-order chi connectivity index (χ1) is 10.1. The molecule has 2 rings (SSSR count). The van der Waals surface area contributed by atoms with E-state index in [1.807, 2.05) is 12.1 Å². The van der Waals surface area contributed by atoms with Gasteiger partial charge in [0.15, 0.2) is 0 Å². The van der Waals surface area contributed by atoms with Crippen LogP contribution in [0.1, 0.15) is 38.4 Å². The molecule has 1 aromatic heterocycles. The Labute approximate surface area is 132 Å². The van der Waals surface area contributed by atoms with Crippen LogP contribution in [0.2, 0.25) is 0 Å². The molecule has 112 valence electrons. The highest BCUT2D eigenvalue weighted by molar-refractivity contribution is 9.10. The van der Waals surface area contributed by atoms with Gasteiger partial charge in [-0.3, -0.25) is 4.79 Å². The molecule has 5 heteroatoms. The fourth-order valence-electron chi connectivity index (χ4n) is 2.22. The average Bonchev–Trinajstić information content (AvgIpc) is 2.45. The Balaban J connectivity index is 2.21. The molecule has 21 heavy (non-hydrogen) atoms. The maximum atomic E-state index is 12.2. The van der Waals surface area contributed by atoms with Crippen LogP contribution in [0.15, 0.2) is 33.5 Å². The van der Waals surface area contributed by atoms with Crippen molar-refractivity contribution in [1.29, 1.82) is 0 Å². The van der Waals surface area contributed by atoms with Gasteiger partial charge in [-0.25, -0.2) is 0 Å². The maximum absolute atomic E-state index is 12.2. The molecule has 0 aliphatic carbocycles. The molecule has 1 aromatic carbocycles. The Bertz CT molecular complexity index is 650. The van der Waals surface area contributed by atoms with Crippen molar-refractivity contribution in [2.75, 3.05) is 0 Å². The van der Waals surface area contributed by atoms with E-state index in [1.54, 1.807) is 12.1 Å². The lowest BCUT2D eigenvalue weighted by atomic mass is 10.1. The Hall–Kier alpha value is -1.62. The van der Waals surface area contributed by atoms with Crippen molar-refractivity contribution in [3.63, 3.8) is 0 Å². The van der Waals surface area contributed by atoms with E-state index in [0.717, 1.165) is 23.7 Å². The zero-order valence-electron chi connectivity index (χ0n) is 12.0. The summed E-state index contributed by atoms with van der Waals surface area (Å²) >= 11 is 3.34. The van der Waals surface area contributed by atoms with Gasteiger partial charge in [0, 0.05) is 10.9 Å². The highest BCUT2D eigenvalue weighted by atomic mass is 79.9. The lowest BCUT2D eigenvalue weighted by Gasteiger charge is -2.06. The molecule has 1 heterocycles. The Kier molecular flexibility index (Phi) is 5.56. The van der Waals surface area contributed by atoms with Crippen molar-refractivity contribution in [1.82, 2.24) is 9.97 Å². The molecule has 0 saturated heterocycles. The molecular formula is C16H19BrN2O2. The third-order valence-electron chi connectivity index (χ3n) is 3.35. The highest BCUT2D eigenvalue weighted by Crippen LogP contribution is 2.25. The van der Waals surface area contributed by atoms with Crippen LogP contribution in [0.25, 0.3) is 11.1 Å². The van der Waals surface area contributed by atoms with Gasteiger partial charge >= 0.3 is 0 Å². The molecule has 0 bridgehead atoms. The average molecular weight is 351 g/mol. The second-order valence-corrected chi connectivity index (χ2v) is 5.94. The monoisotopic (exact) mass is 350 g/mol. The summed E-state index contributed by atoms with van der Waals surface area (Å²) in [5.41, 5.74) is 0.581. The number of aryl methyl sites for hydroxylation is 1. The second kappa shape index (κ2) is 7.41. The summed E-state index contributed by atoms with van der Waals surface area (Å²) in [6, 6.07) is 7.20. The number of hydrogen-bond acceptors (Lipinski definition) is 3. The van der Waals surface area contributed by atoms with Gasteiger partial charge in [-0.05, 0) is 24.1 Å². The lowest BCUT2D eigenvalue weighted by Crippen LogP contribution is -2.14. The van der Waals surface area contributed by atoms with Crippen LogP contribution in [-0.2, 0) is 6.42 Å². The smallest absolute Gasteiger partial charge is 0.262 e. The summed E-state index contributed by atoms with van der Waals surface area (Å²) in [6.07, 6.45) is 5.09.